The Hall–Kier alpha value is -1.76. The highest BCUT2D eigenvalue weighted by atomic mass is 19.4. The van der Waals surface area contributed by atoms with Gasteiger partial charge in [-0.05, 0) is 38.6 Å². The molecule has 1 unspecified atom stereocenters. The highest BCUT2D eigenvalue weighted by Gasteiger charge is 2.32. The van der Waals surface area contributed by atoms with Crippen LogP contribution in [-0.4, -0.2) is 26.0 Å². The molecule has 1 N–H and O–H groups in total. The summed E-state index contributed by atoms with van der Waals surface area (Å²) in [5.74, 6) is -0.689. The van der Waals surface area contributed by atoms with E-state index in [0.29, 0.717) is 5.56 Å². The Morgan fingerprint density at radius 1 is 1.24 bits per heavy atom. The molecule has 0 amide bonds. The lowest BCUT2D eigenvalue weighted by Crippen LogP contribution is -2.39. The Morgan fingerprint density at radius 3 is 2.24 bits per heavy atom. The third-order valence-corrected chi connectivity index (χ3v) is 3.08. The Kier molecular flexibility index (Phi) is 5.60. The van der Waals surface area contributed by atoms with Gasteiger partial charge >= 0.3 is 12.3 Å². The van der Waals surface area contributed by atoms with E-state index in [0.717, 1.165) is 0 Å². The van der Waals surface area contributed by atoms with Crippen molar-refractivity contribution in [2.24, 2.45) is 0 Å². The van der Waals surface area contributed by atoms with Crippen LogP contribution in [0.25, 0.3) is 0 Å². The lowest BCUT2D eigenvalue weighted by atomic mass is 9.89. The summed E-state index contributed by atoms with van der Waals surface area (Å²) in [7, 11) is 1.67. The number of carbonyl (C=O) groups is 1. The molecule has 0 saturated carbocycles. The second-order valence-electron chi connectivity index (χ2n) is 4.64. The van der Waals surface area contributed by atoms with E-state index < -0.39 is 11.9 Å². The summed E-state index contributed by atoms with van der Waals surface area (Å²) in [6.07, 6.45) is -4.66. The molecular weight excluding hydrogens is 287 g/mol. The molecule has 0 spiro atoms. The fourth-order valence-electron chi connectivity index (χ4n) is 1.86. The van der Waals surface area contributed by atoms with Gasteiger partial charge < -0.3 is 14.8 Å². The van der Waals surface area contributed by atoms with Gasteiger partial charge in [-0.15, -0.1) is 13.2 Å². The fraction of sp³-hybridized carbons (Fsp3) is 0.500. The first kappa shape index (κ1) is 17.3. The number of nitrogens with one attached hydrogen (secondary N) is 1. The molecule has 0 bridgehead atoms. The molecule has 4 nitrogen and oxygen atoms in total. The number of rotatable bonds is 6. The molecule has 1 aromatic rings. The Labute approximate surface area is 121 Å². The fourth-order valence-corrected chi connectivity index (χ4v) is 1.86. The number of hydrogen-bond acceptors (Lipinski definition) is 4. The van der Waals surface area contributed by atoms with Crippen molar-refractivity contribution >= 4 is 5.97 Å². The van der Waals surface area contributed by atoms with Crippen molar-refractivity contribution in [3.63, 3.8) is 0 Å². The minimum absolute atomic E-state index is 0.0663. The Morgan fingerprint density at radius 2 is 1.81 bits per heavy atom. The van der Waals surface area contributed by atoms with Gasteiger partial charge in [0, 0.05) is 0 Å². The molecule has 118 valence electrons. The first-order valence-corrected chi connectivity index (χ1v) is 6.41. The average molecular weight is 305 g/mol. The zero-order valence-electron chi connectivity index (χ0n) is 12.1. The van der Waals surface area contributed by atoms with Crippen LogP contribution < -0.4 is 10.1 Å². The third kappa shape index (κ3) is 5.26. The lowest BCUT2D eigenvalue weighted by Gasteiger charge is -2.29. The van der Waals surface area contributed by atoms with Gasteiger partial charge in [-0.25, -0.2) is 0 Å². The number of alkyl halides is 3. The van der Waals surface area contributed by atoms with Crippen LogP contribution in [0.4, 0.5) is 13.2 Å². The highest BCUT2D eigenvalue weighted by Crippen LogP contribution is 2.28. The van der Waals surface area contributed by atoms with E-state index in [9.17, 15) is 18.0 Å². The zero-order chi connectivity index (χ0) is 16.1. The molecule has 0 aliphatic rings. The van der Waals surface area contributed by atoms with Crippen molar-refractivity contribution in [1.82, 2.24) is 5.32 Å². The first-order valence-electron chi connectivity index (χ1n) is 6.41. The Balaban J connectivity index is 2.88. The van der Waals surface area contributed by atoms with E-state index in [1.807, 2.05) is 0 Å². The molecule has 21 heavy (non-hydrogen) atoms. The van der Waals surface area contributed by atoms with Gasteiger partial charge in [0.15, 0.2) is 0 Å². The molecule has 0 aliphatic carbocycles. The largest absolute Gasteiger partial charge is 0.573 e. The average Bonchev–Trinajstić information content (AvgIpc) is 2.37. The van der Waals surface area contributed by atoms with Crippen molar-refractivity contribution in [1.29, 1.82) is 0 Å². The quantitative estimate of drug-likeness (QED) is 0.821. The second kappa shape index (κ2) is 6.80. The SMILES string of the molecule is CCOC(=O)CC(C)(NC)c1ccc(OC(F)(F)F)cc1. The monoisotopic (exact) mass is 305 g/mol. The minimum Gasteiger partial charge on any atom is -0.466 e. The number of benzene rings is 1. The van der Waals surface area contributed by atoms with Crippen LogP contribution in [0.15, 0.2) is 24.3 Å². The standard InChI is InChI=1S/C14H18F3NO3/c1-4-20-12(19)9-13(2,18-3)10-5-7-11(8-6-10)21-14(15,16)17/h5-8,18H,4,9H2,1-3H3. The third-order valence-electron chi connectivity index (χ3n) is 3.08. The summed E-state index contributed by atoms with van der Waals surface area (Å²) >= 11 is 0. The van der Waals surface area contributed by atoms with Gasteiger partial charge in [0.25, 0.3) is 0 Å². The van der Waals surface area contributed by atoms with E-state index in [1.54, 1.807) is 20.9 Å². The number of hydrogen-bond donors (Lipinski definition) is 1. The molecule has 0 aromatic heterocycles. The molecule has 1 atom stereocenters. The molecule has 1 rings (SSSR count). The van der Waals surface area contributed by atoms with E-state index in [-0.39, 0.29) is 24.7 Å². The summed E-state index contributed by atoms with van der Waals surface area (Å²) in [5, 5.41) is 2.99. The van der Waals surface area contributed by atoms with Gasteiger partial charge in [-0.2, -0.15) is 0 Å². The van der Waals surface area contributed by atoms with Crippen molar-refractivity contribution in [2.45, 2.75) is 32.2 Å². The highest BCUT2D eigenvalue weighted by molar-refractivity contribution is 5.71. The van der Waals surface area contributed by atoms with Crippen LogP contribution in [0.2, 0.25) is 0 Å². The minimum atomic E-state index is -4.72. The summed E-state index contributed by atoms with van der Waals surface area (Å²) in [6, 6.07) is 5.39. The summed E-state index contributed by atoms with van der Waals surface area (Å²) in [6.45, 7) is 3.75. The molecule has 0 aliphatic heterocycles. The number of esters is 1. The van der Waals surface area contributed by atoms with Gasteiger partial charge in [-0.3, -0.25) is 4.79 Å². The molecule has 7 heteroatoms. The maximum atomic E-state index is 12.1. The smallest absolute Gasteiger partial charge is 0.466 e. The molecular formula is C14H18F3NO3. The van der Waals surface area contributed by atoms with E-state index in [1.165, 1.54) is 24.3 Å². The van der Waals surface area contributed by atoms with Gasteiger partial charge in [0.05, 0.1) is 18.6 Å². The van der Waals surface area contributed by atoms with Gasteiger partial charge in [-0.1, -0.05) is 12.1 Å². The van der Waals surface area contributed by atoms with Crippen molar-refractivity contribution in [3.8, 4) is 5.75 Å². The molecule has 0 saturated heterocycles. The predicted molar refractivity (Wildman–Crippen MR) is 70.8 cm³/mol. The number of carbonyl (C=O) groups excluding carboxylic acids is 1. The van der Waals surface area contributed by atoms with Crippen molar-refractivity contribution in [3.05, 3.63) is 29.8 Å². The van der Waals surface area contributed by atoms with Gasteiger partial charge in [0.1, 0.15) is 5.75 Å². The van der Waals surface area contributed by atoms with E-state index >= 15 is 0 Å². The first-order chi connectivity index (χ1) is 9.70. The predicted octanol–water partition coefficient (Wildman–Crippen LogP) is 2.97. The Bertz CT molecular complexity index is 473. The number of halogens is 3. The van der Waals surface area contributed by atoms with Crippen LogP contribution in [0, 0.1) is 0 Å². The van der Waals surface area contributed by atoms with Crippen LogP contribution >= 0.6 is 0 Å². The van der Waals surface area contributed by atoms with Crippen LogP contribution in [-0.2, 0) is 15.1 Å². The van der Waals surface area contributed by atoms with Crippen LogP contribution in [0.3, 0.4) is 0 Å². The number of ether oxygens (including phenoxy) is 2. The van der Waals surface area contributed by atoms with E-state index in [4.69, 9.17) is 4.74 Å². The van der Waals surface area contributed by atoms with Gasteiger partial charge in [0.2, 0.25) is 0 Å². The topological polar surface area (TPSA) is 47.6 Å². The van der Waals surface area contributed by atoms with Crippen LogP contribution in [0.5, 0.6) is 5.75 Å². The lowest BCUT2D eigenvalue weighted by molar-refractivity contribution is -0.274. The second-order valence-corrected chi connectivity index (χ2v) is 4.64. The zero-order valence-corrected chi connectivity index (χ0v) is 12.1. The molecule has 0 radical (unpaired) electrons. The normalized spacial score (nSPS) is 14.4. The maximum absolute atomic E-state index is 12.1. The van der Waals surface area contributed by atoms with Crippen LogP contribution in [0.1, 0.15) is 25.8 Å². The summed E-state index contributed by atoms with van der Waals surface area (Å²) in [5.41, 5.74) is -0.0733. The van der Waals surface area contributed by atoms with E-state index in [2.05, 4.69) is 10.1 Å². The maximum Gasteiger partial charge on any atom is 0.573 e. The molecule has 0 fully saturated rings. The summed E-state index contributed by atoms with van der Waals surface area (Å²) in [4.78, 5) is 11.6. The summed E-state index contributed by atoms with van der Waals surface area (Å²) < 4.78 is 45.0. The van der Waals surface area contributed by atoms with Crippen molar-refractivity contribution < 1.29 is 27.4 Å². The molecule has 1 aromatic carbocycles. The molecule has 0 heterocycles. The van der Waals surface area contributed by atoms with Crippen molar-refractivity contribution in [2.75, 3.05) is 13.7 Å².